The number of hydrogen-bond acceptors (Lipinski definition) is 4. The van der Waals surface area contributed by atoms with Crippen molar-refractivity contribution in [2.75, 3.05) is 18.4 Å². The number of fused-ring (bicyclic) bond motifs is 1. The quantitative estimate of drug-likeness (QED) is 0.791. The Labute approximate surface area is 175 Å². The van der Waals surface area contributed by atoms with Gasteiger partial charge in [0.05, 0.1) is 6.04 Å². The molecule has 1 amide bonds. The maximum absolute atomic E-state index is 14.2. The molecule has 29 heavy (non-hydrogen) atoms. The van der Waals surface area contributed by atoms with Crippen LogP contribution in [0.2, 0.25) is 5.02 Å². The first-order chi connectivity index (χ1) is 13.9. The van der Waals surface area contributed by atoms with Gasteiger partial charge in [-0.3, -0.25) is 9.69 Å². The molecular formula is C22H25ClFN3O2. The van der Waals surface area contributed by atoms with Gasteiger partial charge in [0.2, 0.25) is 5.91 Å². The summed E-state index contributed by atoms with van der Waals surface area (Å²) < 4.78 is 20.5. The van der Waals surface area contributed by atoms with Crippen molar-refractivity contribution in [2.24, 2.45) is 5.73 Å². The van der Waals surface area contributed by atoms with Crippen molar-refractivity contribution in [2.45, 2.75) is 44.4 Å². The molecule has 0 aromatic heterocycles. The Morgan fingerprint density at radius 3 is 2.93 bits per heavy atom. The predicted octanol–water partition coefficient (Wildman–Crippen LogP) is 3.91. The van der Waals surface area contributed by atoms with Gasteiger partial charge in [-0.05, 0) is 55.6 Å². The summed E-state index contributed by atoms with van der Waals surface area (Å²) in [4.78, 5) is 13.7. The molecule has 5 nitrogen and oxygen atoms in total. The van der Waals surface area contributed by atoms with E-state index in [1.165, 1.54) is 19.1 Å². The molecule has 3 atom stereocenters. The topological polar surface area (TPSA) is 67.6 Å². The van der Waals surface area contributed by atoms with Gasteiger partial charge in [0, 0.05) is 41.9 Å². The van der Waals surface area contributed by atoms with Gasteiger partial charge in [0.1, 0.15) is 17.7 Å². The van der Waals surface area contributed by atoms with E-state index in [0.29, 0.717) is 22.9 Å². The van der Waals surface area contributed by atoms with E-state index in [4.69, 9.17) is 22.1 Å². The number of amides is 1. The zero-order valence-electron chi connectivity index (χ0n) is 16.3. The van der Waals surface area contributed by atoms with E-state index in [0.717, 1.165) is 37.1 Å². The lowest BCUT2D eigenvalue weighted by molar-refractivity contribution is -0.114. The predicted molar refractivity (Wildman–Crippen MR) is 112 cm³/mol. The minimum atomic E-state index is -0.370. The molecule has 0 unspecified atom stereocenters. The maximum Gasteiger partial charge on any atom is 0.221 e. The van der Waals surface area contributed by atoms with Crippen molar-refractivity contribution < 1.29 is 13.9 Å². The van der Waals surface area contributed by atoms with Gasteiger partial charge in [-0.15, -0.1) is 0 Å². The number of hydrogen-bond donors (Lipinski definition) is 2. The van der Waals surface area contributed by atoms with E-state index >= 15 is 0 Å². The van der Waals surface area contributed by atoms with Crippen LogP contribution in [-0.4, -0.2) is 36.0 Å². The van der Waals surface area contributed by atoms with Crippen LogP contribution in [0.15, 0.2) is 36.4 Å². The monoisotopic (exact) mass is 417 g/mol. The Balaban J connectivity index is 1.66. The van der Waals surface area contributed by atoms with E-state index in [1.54, 1.807) is 12.1 Å². The number of nitrogens with zero attached hydrogens (tertiary/aromatic N) is 1. The van der Waals surface area contributed by atoms with Crippen LogP contribution in [0.4, 0.5) is 10.1 Å². The molecule has 0 bridgehead atoms. The molecule has 154 valence electrons. The van der Waals surface area contributed by atoms with Crippen LogP contribution in [0, 0.1) is 5.82 Å². The molecule has 2 aromatic carbocycles. The minimum Gasteiger partial charge on any atom is -0.484 e. The number of piperidine rings is 1. The van der Waals surface area contributed by atoms with Crippen LogP contribution in [0.1, 0.15) is 37.0 Å². The maximum atomic E-state index is 14.2. The molecule has 1 saturated heterocycles. The van der Waals surface area contributed by atoms with Crippen LogP contribution in [0.25, 0.3) is 0 Å². The average Bonchev–Trinajstić information content (AvgIpc) is 3.00. The fraction of sp³-hybridized carbons (Fsp3) is 0.409. The Kier molecular flexibility index (Phi) is 5.76. The molecule has 1 aliphatic heterocycles. The highest BCUT2D eigenvalue weighted by Crippen LogP contribution is 2.42. The molecule has 0 saturated carbocycles. The summed E-state index contributed by atoms with van der Waals surface area (Å²) in [5.74, 6) is 0.0912. The Hall–Kier alpha value is -2.15. The smallest absolute Gasteiger partial charge is 0.221 e. The standard InChI is InChI=1S/C22H25ClFN3O2/c1-13(28)26-16-5-2-6-17(10-16)29-22-19-8-14(24)9-20(23)18(19)11-21(22)27-7-3-4-15(25)12-27/h2,5-6,8-10,15,21-22H,3-4,7,11-12,25H2,1H3,(H,26,28)/t15-,21+,22+/m1/s1. The summed E-state index contributed by atoms with van der Waals surface area (Å²) in [6.45, 7) is 3.17. The molecule has 7 heteroatoms. The van der Waals surface area contributed by atoms with Crippen molar-refractivity contribution in [1.82, 2.24) is 4.90 Å². The molecule has 2 aliphatic rings. The first-order valence-electron chi connectivity index (χ1n) is 9.92. The summed E-state index contributed by atoms with van der Waals surface area (Å²) in [6, 6.07) is 10.3. The first kappa shape index (κ1) is 20.1. The van der Waals surface area contributed by atoms with Crippen molar-refractivity contribution in [1.29, 1.82) is 0 Å². The fourth-order valence-corrected chi connectivity index (χ4v) is 4.71. The molecular weight excluding hydrogens is 393 g/mol. The largest absolute Gasteiger partial charge is 0.484 e. The normalized spacial score (nSPS) is 24.2. The SMILES string of the molecule is CC(=O)Nc1cccc(O[C@H]2c3cc(F)cc(Cl)c3C[C@@H]2N2CCC[C@@H](N)C2)c1. The Morgan fingerprint density at radius 1 is 1.34 bits per heavy atom. The molecule has 1 heterocycles. The van der Waals surface area contributed by atoms with Crippen molar-refractivity contribution >= 4 is 23.2 Å². The van der Waals surface area contributed by atoms with Gasteiger partial charge >= 0.3 is 0 Å². The third-order valence-corrected chi connectivity index (χ3v) is 5.98. The first-order valence-corrected chi connectivity index (χ1v) is 10.3. The lowest BCUT2D eigenvalue weighted by atomic mass is 10.0. The number of rotatable bonds is 4. The molecule has 0 spiro atoms. The van der Waals surface area contributed by atoms with Crippen LogP contribution in [-0.2, 0) is 11.2 Å². The zero-order chi connectivity index (χ0) is 20.5. The molecule has 0 radical (unpaired) electrons. The van der Waals surface area contributed by atoms with Crippen LogP contribution in [0.5, 0.6) is 5.75 Å². The van der Waals surface area contributed by atoms with Crippen molar-refractivity contribution in [3.05, 3.63) is 58.4 Å². The summed E-state index contributed by atoms with van der Waals surface area (Å²) >= 11 is 6.37. The molecule has 4 rings (SSSR count). The van der Waals surface area contributed by atoms with Gasteiger partial charge in [-0.2, -0.15) is 0 Å². The molecule has 3 N–H and O–H groups in total. The minimum absolute atomic E-state index is 0.0278. The highest BCUT2D eigenvalue weighted by molar-refractivity contribution is 6.31. The lowest BCUT2D eigenvalue weighted by Crippen LogP contribution is -2.49. The molecule has 1 fully saturated rings. The van der Waals surface area contributed by atoms with Gasteiger partial charge < -0.3 is 15.8 Å². The van der Waals surface area contributed by atoms with Gasteiger partial charge in [0.15, 0.2) is 0 Å². The summed E-state index contributed by atoms with van der Waals surface area (Å²) in [5, 5.41) is 3.20. The lowest BCUT2D eigenvalue weighted by Gasteiger charge is -2.38. The van der Waals surface area contributed by atoms with Crippen LogP contribution in [0.3, 0.4) is 0 Å². The number of nitrogens with one attached hydrogen (secondary N) is 1. The number of nitrogens with two attached hydrogens (primary N) is 1. The van der Waals surface area contributed by atoms with Gasteiger partial charge in [-0.25, -0.2) is 4.39 Å². The highest BCUT2D eigenvalue weighted by Gasteiger charge is 2.40. The molecule has 2 aromatic rings. The number of benzene rings is 2. The summed E-state index contributed by atoms with van der Waals surface area (Å²) in [5.41, 5.74) is 8.57. The van der Waals surface area contributed by atoms with E-state index in [2.05, 4.69) is 10.2 Å². The number of carbonyl (C=O) groups is 1. The molecule has 1 aliphatic carbocycles. The van der Waals surface area contributed by atoms with Crippen molar-refractivity contribution in [3.8, 4) is 5.75 Å². The third kappa shape index (κ3) is 4.39. The average molecular weight is 418 g/mol. The fourth-order valence-electron chi connectivity index (χ4n) is 4.42. The van der Waals surface area contributed by atoms with E-state index in [9.17, 15) is 9.18 Å². The second-order valence-electron chi connectivity index (χ2n) is 7.87. The number of ether oxygens (including phenoxy) is 1. The van der Waals surface area contributed by atoms with E-state index < -0.39 is 0 Å². The second-order valence-corrected chi connectivity index (χ2v) is 8.28. The number of likely N-dealkylation sites (tertiary alicyclic amines) is 1. The van der Waals surface area contributed by atoms with Gasteiger partial charge in [0.25, 0.3) is 0 Å². The Morgan fingerprint density at radius 2 is 2.17 bits per heavy atom. The van der Waals surface area contributed by atoms with Gasteiger partial charge in [-0.1, -0.05) is 17.7 Å². The van der Waals surface area contributed by atoms with Crippen molar-refractivity contribution in [3.63, 3.8) is 0 Å². The Bertz CT molecular complexity index is 923. The highest BCUT2D eigenvalue weighted by atomic mass is 35.5. The van der Waals surface area contributed by atoms with Crippen LogP contribution >= 0.6 is 11.6 Å². The number of carbonyl (C=O) groups excluding carboxylic acids is 1. The second kappa shape index (κ2) is 8.30. The van der Waals surface area contributed by atoms with Crippen LogP contribution < -0.4 is 15.8 Å². The zero-order valence-corrected chi connectivity index (χ0v) is 17.1. The summed E-state index contributed by atoms with van der Waals surface area (Å²) in [6.07, 6.45) is 2.37. The third-order valence-electron chi connectivity index (χ3n) is 5.64. The number of anilines is 1. The van der Waals surface area contributed by atoms with E-state index in [1.807, 2.05) is 12.1 Å². The number of halogens is 2. The van der Waals surface area contributed by atoms with E-state index in [-0.39, 0.29) is 29.9 Å². The summed E-state index contributed by atoms with van der Waals surface area (Å²) in [7, 11) is 0.